The van der Waals surface area contributed by atoms with Crippen LogP contribution in [0.5, 0.6) is 0 Å². The number of hydrogen-bond donors (Lipinski definition) is 1. The lowest BCUT2D eigenvalue weighted by Crippen LogP contribution is -2.34. The van der Waals surface area contributed by atoms with Gasteiger partial charge in [-0.2, -0.15) is 0 Å². The van der Waals surface area contributed by atoms with Gasteiger partial charge < -0.3 is 10.0 Å². The number of aryl methyl sites for hydroxylation is 1. The maximum atomic E-state index is 12.6. The SMILES string of the molecule is CN(C(=O)C1CCCC1)[C@@H]1CCc2ccc(C(=O)O)cc21. The van der Waals surface area contributed by atoms with E-state index in [2.05, 4.69) is 0 Å². The molecule has 1 fully saturated rings. The van der Waals surface area contributed by atoms with Crippen LogP contribution in [0.3, 0.4) is 0 Å². The molecule has 0 unspecified atom stereocenters. The minimum absolute atomic E-state index is 0.0346. The van der Waals surface area contributed by atoms with E-state index >= 15 is 0 Å². The van der Waals surface area contributed by atoms with Crippen LogP contribution in [0.15, 0.2) is 18.2 Å². The minimum atomic E-state index is -0.909. The van der Waals surface area contributed by atoms with Crippen LogP contribution in [0, 0.1) is 5.92 Å². The van der Waals surface area contributed by atoms with Gasteiger partial charge in [0.2, 0.25) is 5.91 Å². The normalized spacial score (nSPS) is 21.3. The monoisotopic (exact) mass is 287 g/mol. The largest absolute Gasteiger partial charge is 0.478 e. The van der Waals surface area contributed by atoms with Crippen molar-refractivity contribution in [3.8, 4) is 0 Å². The summed E-state index contributed by atoms with van der Waals surface area (Å²) in [5.74, 6) is -0.513. The molecule has 0 heterocycles. The molecule has 0 aliphatic heterocycles. The fourth-order valence-electron chi connectivity index (χ4n) is 3.73. The quantitative estimate of drug-likeness (QED) is 0.929. The molecule has 1 aromatic carbocycles. The van der Waals surface area contributed by atoms with Gasteiger partial charge in [-0.1, -0.05) is 18.9 Å². The number of carbonyl (C=O) groups excluding carboxylic acids is 1. The van der Waals surface area contributed by atoms with E-state index in [-0.39, 0.29) is 17.9 Å². The van der Waals surface area contributed by atoms with Gasteiger partial charge in [0.25, 0.3) is 0 Å². The molecule has 0 spiro atoms. The molecule has 0 radical (unpaired) electrons. The number of carboxylic acids is 1. The number of nitrogens with zero attached hydrogens (tertiary/aromatic N) is 1. The molecule has 1 atom stereocenters. The summed E-state index contributed by atoms with van der Waals surface area (Å²) >= 11 is 0. The zero-order chi connectivity index (χ0) is 15.0. The summed E-state index contributed by atoms with van der Waals surface area (Å²) in [7, 11) is 1.87. The Morgan fingerprint density at radius 1 is 1.19 bits per heavy atom. The molecule has 0 bridgehead atoms. The summed E-state index contributed by atoms with van der Waals surface area (Å²) in [5, 5.41) is 9.14. The molecular formula is C17H21NO3. The van der Waals surface area contributed by atoms with Gasteiger partial charge in [0, 0.05) is 13.0 Å². The summed E-state index contributed by atoms with van der Waals surface area (Å²) in [5.41, 5.74) is 2.50. The zero-order valence-electron chi connectivity index (χ0n) is 12.3. The zero-order valence-corrected chi connectivity index (χ0v) is 12.3. The van der Waals surface area contributed by atoms with E-state index < -0.39 is 5.97 Å². The molecule has 21 heavy (non-hydrogen) atoms. The van der Waals surface area contributed by atoms with Crippen LogP contribution in [0.1, 0.15) is 59.6 Å². The first-order valence-corrected chi connectivity index (χ1v) is 7.70. The fraction of sp³-hybridized carbons (Fsp3) is 0.529. The average Bonchev–Trinajstić information content (AvgIpc) is 3.14. The van der Waals surface area contributed by atoms with Crippen molar-refractivity contribution < 1.29 is 14.7 Å². The molecule has 1 N–H and O–H groups in total. The van der Waals surface area contributed by atoms with E-state index in [1.165, 1.54) is 5.56 Å². The van der Waals surface area contributed by atoms with E-state index in [1.807, 2.05) is 18.0 Å². The number of carbonyl (C=O) groups is 2. The molecule has 3 rings (SSSR count). The highest BCUT2D eigenvalue weighted by atomic mass is 16.4. The third kappa shape index (κ3) is 2.55. The number of hydrogen-bond acceptors (Lipinski definition) is 2. The van der Waals surface area contributed by atoms with E-state index in [0.717, 1.165) is 44.1 Å². The Morgan fingerprint density at radius 3 is 2.57 bits per heavy atom. The molecule has 1 aromatic rings. The van der Waals surface area contributed by atoms with Crippen molar-refractivity contribution in [1.29, 1.82) is 0 Å². The van der Waals surface area contributed by atoms with Crippen molar-refractivity contribution in [3.05, 3.63) is 34.9 Å². The van der Waals surface area contributed by atoms with Crippen LogP contribution in [-0.2, 0) is 11.2 Å². The Morgan fingerprint density at radius 2 is 1.90 bits per heavy atom. The molecule has 2 aliphatic rings. The third-order valence-electron chi connectivity index (χ3n) is 4.96. The number of rotatable bonds is 3. The lowest BCUT2D eigenvalue weighted by molar-refractivity contribution is -0.136. The maximum Gasteiger partial charge on any atom is 0.335 e. The van der Waals surface area contributed by atoms with Gasteiger partial charge in [0.1, 0.15) is 0 Å². The minimum Gasteiger partial charge on any atom is -0.478 e. The number of benzene rings is 1. The van der Waals surface area contributed by atoms with Crippen LogP contribution in [-0.4, -0.2) is 28.9 Å². The Balaban J connectivity index is 1.83. The predicted octanol–water partition coefficient (Wildman–Crippen LogP) is 3.02. The smallest absolute Gasteiger partial charge is 0.335 e. The van der Waals surface area contributed by atoms with Crippen LogP contribution >= 0.6 is 0 Å². The van der Waals surface area contributed by atoms with Gasteiger partial charge >= 0.3 is 5.97 Å². The molecule has 4 heteroatoms. The number of aromatic carboxylic acids is 1. The molecule has 112 valence electrons. The highest BCUT2D eigenvalue weighted by Gasteiger charge is 2.33. The number of carboxylic acid groups (broad SMARTS) is 1. The lowest BCUT2D eigenvalue weighted by Gasteiger charge is -2.28. The van der Waals surface area contributed by atoms with Gasteiger partial charge in [-0.25, -0.2) is 4.79 Å². The first-order chi connectivity index (χ1) is 10.1. The maximum absolute atomic E-state index is 12.6. The standard InChI is InChI=1S/C17H21NO3/c1-18(16(19)12-4-2-3-5-12)15-9-8-11-6-7-13(17(20)21)10-14(11)15/h6-7,10,12,15H,2-5,8-9H2,1H3,(H,20,21)/t15-/m1/s1. The molecule has 0 aromatic heterocycles. The molecular weight excluding hydrogens is 266 g/mol. The summed E-state index contributed by atoms with van der Waals surface area (Å²) < 4.78 is 0. The molecule has 1 saturated carbocycles. The van der Waals surface area contributed by atoms with Crippen molar-refractivity contribution in [2.75, 3.05) is 7.05 Å². The Bertz CT molecular complexity index is 575. The Kier molecular flexibility index (Phi) is 3.70. The highest BCUT2D eigenvalue weighted by Crippen LogP contribution is 2.37. The fourth-order valence-corrected chi connectivity index (χ4v) is 3.73. The van der Waals surface area contributed by atoms with Gasteiger partial charge in [-0.05, 0) is 48.9 Å². The van der Waals surface area contributed by atoms with Gasteiger partial charge in [0.05, 0.1) is 11.6 Å². The van der Waals surface area contributed by atoms with Crippen molar-refractivity contribution >= 4 is 11.9 Å². The molecule has 4 nitrogen and oxygen atoms in total. The van der Waals surface area contributed by atoms with E-state index in [4.69, 9.17) is 5.11 Å². The summed E-state index contributed by atoms with van der Waals surface area (Å²) in [6.07, 6.45) is 6.11. The van der Waals surface area contributed by atoms with Crippen LogP contribution in [0.4, 0.5) is 0 Å². The molecule has 2 aliphatic carbocycles. The number of fused-ring (bicyclic) bond motifs is 1. The summed E-state index contributed by atoms with van der Waals surface area (Å²) in [4.78, 5) is 25.6. The van der Waals surface area contributed by atoms with Crippen molar-refractivity contribution in [1.82, 2.24) is 4.90 Å². The lowest BCUT2D eigenvalue weighted by atomic mass is 10.0. The second kappa shape index (κ2) is 5.51. The molecule has 0 saturated heterocycles. The topological polar surface area (TPSA) is 57.6 Å². The van der Waals surface area contributed by atoms with Crippen LogP contribution in [0.25, 0.3) is 0 Å². The highest BCUT2D eigenvalue weighted by molar-refractivity contribution is 5.88. The first-order valence-electron chi connectivity index (χ1n) is 7.70. The van der Waals surface area contributed by atoms with Crippen molar-refractivity contribution in [2.24, 2.45) is 5.92 Å². The summed E-state index contributed by atoms with van der Waals surface area (Å²) in [6.45, 7) is 0. The predicted molar refractivity (Wildman–Crippen MR) is 79.2 cm³/mol. The van der Waals surface area contributed by atoms with E-state index in [1.54, 1.807) is 12.1 Å². The average molecular weight is 287 g/mol. The third-order valence-corrected chi connectivity index (χ3v) is 4.96. The second-order valence-electron chi connectivity index (χ2n) is 6.20. The van der Waals surface area contributed by atoms with Gasteiger partial charge in [-0.15, -0.1) is 0 Å². The van der Waals surface area contributed by atoms with Crippen molar-refractivity contribution in [2.45, 2.75) is 44.6 Å². The van der Waals surface area contributed by atoms with Gasteiger partial charge in [0.15, 0.2) is 0 Å². The number of amides is 1. The Labute approximate surface area is 124 Å². The summed E-state index contributed by atoms with van der Waals surface area (Å²) in [6, 6.07) is 5.33. The second-order valence-corrected chi connectivity index (χ2v) is 6.20. The van der Waals surface area contributed by atoms with Crippen LogP contribution < -0.4 is 0 Å². The van der Waals surface area contributed by atoms with Crippen molar-refractivity contribution in [3.63, 3.8) is 0 Å². The van der Waals surface area contributed by atoms with E-state index in [0.29, 0.717) is 5.56 Å². The Hall–Kier alpha value is -1.84. The van der Waals surface area contributed by atoms with Gasteiger partial charge in [-0.3, -0.25) is 4.79 Å². The first kappa shape index (κ1) is 14.1. The van der Waals surface area contributed by atoms with E-state index in [9.17, 15) is 9.59 Å². The van der Waals surface area contributed by atoms with Crippen LogP contribution in [0.2, 0.25) is 0 Å². The molecule has 1 amide bonds.